The monoisotopic (exact) mass is 449 g/mol. The first-order valence-electron chi connectivity index (χ1n) is 10.6. The number of benzene rings is 1. The summed E-state index contributed by atoms with van der Waals surface area (Å²) < 4.78 is 26.4. The van der Waals surface area contributed by atoms with E-state index in [2.05, 4.69) is 15.1 Å². The summed E-state index contributed by atoms with van der Waals surface area (Å²) in [4.78, 5) is 16.9. The topological polar surface area (TPSA) is 72.7 Å². The first-order valence-corrected chi connectivity index (χ1v) is 11.6. The van der Waals surface area contributed by atoms with Crippen molar-refractivity contribution in [3.63, 3.8) is 0 Å². The molecule has 2 saturated heterocycles. The smallest absolute Gasteiger partial charge is 0.233 e. The lowest BCUT2D eigenvalue weighted by Crippen LogP contribution is -2.45. The van der Waals surface area contributed by atoms with E-state index in [4.69, 9.17) is 9.47 Å². The van der Waals surface area contributed by atoms with E-state index in [-0.39, 0.29) is 17.8 Å². The highest BCUT2D eigenvalue weighted by molar-refractivity contribution is 7.99. The van der Waals surface area contributed by atoms with Crippen LogP contribution in [0.5, 0.6) is 0 Å². The van der Waals surface area contributed by atoms with Gasteiger partial charge < -0.3 is 18.9 Å². The van der Waals surface area contributed by atoms with E-state index in [0.29, 0.717) is 43.0 Å². The number of ether oxygens (including phenoxy) is 2. The summed E-state index contributed by atoms with van der Waals surface area (Å²) in [7, 11) is 0. The summed E-state index contributed by atoms with van der Waals surface area (Å²) in [5.41, 5.74) is 0.802. The fourth-order valence-electron chi connectivity index (χ4n) is 3.74. The van der Waals surface area contributed by atoms with E-state index in [9.17, 15) is 9.18 Å². The molecule has 0 N–H and O–H groups in total. The average molecular weight is 450 g/mol. The second-order valence-electron chi connectivity index (χ2n) is 7.73. The van der Waals surface area contributed by atoms with E-state index in [1.165, 1.54) is 23.9 Å². The second kappa shape index (κ2) is 10.5. The minimum atomic E-state index is -0.289. The summed E-state index contributed by atoms with van der Waals surface area (Å²) in [6.45, 7) is 8.56. The molecule has 1 amide bonds. The van der Waals surface area contributed by atoms with Crippen LogP contribution in [0.2, 0.25) is 0 Å². The van der Waals surface area contributed by atoms with Crippen molar-refractivity contribution in [2.45, 2.75) is 24.7 Å². The Morgan fingerprint density at radius 1 is 1.13 bits per heavy atom. The number of hydrogen-bond acceptors (Lipinski definition) is 7. The van der Waals surface area contributed by atoms with Gasteiger partial charge in [-0.05, 0) is 31.2 Å². The SMILES string of the molecule is CC1CN(C(=O)CSc2nnc(-c3ccc(F)cc3)n2CCN2CCOCC2)CCO1. The first-order chi connectivity index (χ1) is 15.1. The van der Waals surface area contributed by atoms with Crippen LogP contribution < -0.4 is 0 Å². The van der Waals surface area contributed by atoms with Gasteiger partial charge in [-0.1, -0.05) is 11.8 Å². The molecule has 1 atom stereocenters. The number of rotatable bonds is 7. The van der Waals surface area contributed by atoms with Crippen molar-refractivity contribution in [3.8, 4) is 11.4 Å². The van der Waals surface area contributed by atoms with Gasteiger partial charge in [0.15, 0.2) is 11.0 Å². The highest BCUT2D eigenvalue weighted by Crippen LogP contribution is 2.25. The Morgan fingerprint density at radius 2 is 1.90 bits per heavy atom. The van der Waals surface area contributed by atoms with E-state index < -0.39 is 0 Å². The largest absolute Gasteiger partial charge is 0.379 e. The lowest BCUT2D eigenvalue weighted by atomic mass is 10.2. The summed E-state index contributed by atoms with van der Waals surface area (Å²) >= 11 is 1.40. The Morgan fingerprint density at radius 3 is 2.65 bits per heavy atom. The third-order valence-corrected chi connectivity index (χ3v) is 6.43. The van der Waals surface area contributed by atoms with Crippen LogP contribution >= 0.6 is 11.8 Å². The predicted octanol–water partition coefficient (Wildman–Crippen LogP) is 1.76. The molecule has 1 unspecified atom stereocenters. The fourth-order valence-corrected chi connectivity index (χ4v) is 4.61. The van der Waals surface area contributed by atoms with Gasteiger partial charge >= 0.3 is 0 Å². The minimum absolute atomic E-state index is 0.0601. The molecule has 2 aliphatic heterocycles. The van der Waals surface area contributed by atoms with Crippen LogP contribution in [0.1, 0.15) is 6.92 Å². The van der Waals surface area contributed by atoms with Gasteiger partial charge in [0, 0.05) is 44.8 Å². The zero-order valence-electron chi connectivity index (χ0n) is 17.7. The van der Waals surface area contributed by atoms with Crippen LogP contribution in [0.4, 0.5) is 4.39 Å². The number of halogens is 1. The molecule has 0 bridgehead atoms. The number of carbonyl (C=O) groups is 1. The van der Waals surface area contributed by atoms with E-state index in [1.807, 2.05) is 16.4 Å². The molecule has 0 spiro atoms. The highest BCUT2D eigenvalue weighted by atomic mass is 32.2. The maximum atomic E-state index is 13.4. The normalized spacial score (nSPS) is 20.2. The zero-order valence-corrected chi connectivity index (χ0v) is 18.5. The molecule has 31 heavy (non-hydrogen) atoms. The molecule has 2 aromatic rings. The van der Waals surface area contributed by atoms with Gasteiger partial charge in [-0.25, -0.2) is 4.39 Å². The molecule has 168 valence electrons. The van der Waals surface area contributed by atoms with Crippen molar-refractivity contribution in [2.24, 2.45) is 0 Å². The Labute approximate surface area is 185 Å². The number of morpholine rings is 2. The standard InChI is InChI=1S/C21H28FN5O3S/c1-16-14-26(10-13-30-16)19(28)15-31-21-24-23-20(17-2-4-18(22)5-3-17)27(21)7-6-25-8-11-29-12-9-25/h2-5,16H,6-15H2,1H3. The van der Waals surface area contributed by atoms with Crippen molar-refractivity contribution < 1.29 is 18.7 Å². The molecule has 10 heteroatoms. The van der Waals surface area contributed by atoms with Crippen LogP contribution in [-0.2, 0) is 20.8 Å². The molecule has 0 radical (unpaired) electrons. The molecule has 8 nitrogen and oxygen atoms in total. The zero-order chi connectivity index (χ0) is 21.6. The number of thioether (sulfide) groups is 1. The molecule has 1 aromatic carbocycles. The lowest BCUT2D eigenvalue weighted by Gasteiger charge is -2.31. The van der Waals surface area contributed by atoms with Gasteiger partial charge in [0.05, 0.1) is 31.7 Å². The van der Waals surface area contributed by atoms with Crippen molar-refractivity contribution in [1.82, 2.24) is 24.6 Å². The highest BCUT2D eigenvalue weighted by Gasteiger charge is 2.23. The number of nitrogens with zero attached hydrogens (tertiary/aromatic N) is 5. The number of amides is 1. The molecule has 2 fully saturated rings. The summed E-state index contributed by atoms with van der Waals surface area (Å²) in [5.74, 6) is 0.767. The molecule has 4 rings (SSSR count). The predicted molar refractivity (Wildman–Crippen MR) is 115 cm³/mol. The third-order valence-electron chi connectivity index (χ3n) is 5.48. The van der Waals surface area contributed by atoms with Crippen molar-refractivity contribution in [1.29, 1.82) is 0 Å². The summed E-state index contributed by atoms with van der Waals surface area (Å²) in [6, 6.07) is 6.26. The van der Waals surface area contributed by atoms with Crippen LogP contribution in [0.3, 0.4) is 0 Å². The van der Waals surface area contributed by atoms with Gasteiger partial charge in [0.25, 0.3) is 0 Å². The number of hydrogen-bond donors (Lipinski definition) is 0. The molecule has 2 aliphatic rings. The van der Waals surface area contributed by atoms with Crippen molar-refractivity contribution in [2.75, 3.05) is 58.3 Å². The van der Waals surface area contributed by atoms with Crippen molar-refractivity contribution in [3.05, 3.63) is 30.1 Å². The van der Waals surface area contributed by atoms with Crippen molar-refractivity contribution >= 4 is 17.7 Å². The maximum absolute atomic E-state index is 13.4. The van der Waals surface area contributed by atoms with Gasteiger partial charge in [-0.3, -0.25) is 9.69 Å². The second-order valence-corrected chi connectivity index (χ2v) is 8.67. The maximum Gasteiger partial charge on any atom is 0.233 e. The minimum Gasteiger partial charge on any atom is -0.379 e. The molecule has 3 heterocycles. The quantitative estimate of drug-likeness (QED) is 0.597. The first kappa shape index (κ1) is 22.2. The number of carbonyl (C=O) groups excluding carboxylic acids is 1. The van der Waals surface area contributed by atoms with Gasteiger partial charge in [0.1, 0.15) is 5.82 Å². The Kier molecular flexibility index (Phi) is 7.54. The molecular weight excluding hydrogens is 421 g/mol. The third kappa shape index (κ3) is 5.82. The molecule has 0 saturated carbocycles. The van der Waals surface area contributed by atoms with Crippen LogP contribution in [-0.4, -0.2) is 94.9 Å². The Balaban J connectivity index is 1.47. The average Bonchev–Trinajstić information content (AvgIpc) is 3.20. The number of aromatic nitrogens is 3. The summed E-state index contributed by atoms with van der Waals surface area (Å²) in [6.07, 6.45) is 0.0601. The summed E-state index contributed by atoms with van der Waals surface area (Å²) in [5, 5.41) is 9.41. The van der Waals surface area contributed by atoms with Crippen LogP contribution in [0.25, 0.3) is 11.4 Å². The van der Waals surface area contributed by atoms with E-state index >= 15 is 0 Å². The molecule has 1 aromatic heterocycles. The Hall–Kier alpha value is -2.01. The van der Waals surface area contributed by atoms with Gasteiger partial charge in [0.2, 0.25) is 5.91 Å². The van der Waals surface area contributed by atoms with Crippen LogP contribution in [0.15, 0.2) is 29.4 Å². The Bertz CT molecular complexity index is 872. The lowest BCUT2D eigenvalue weighted by molar-refractivity contribution is -0.135. The van der Waals surface area contributed by atoms with E-state index in [0.717, 1.165) is 38.4 Å². The van der Waals surface area contributed by atoms with Crippen LogP contribution in [0, 0.1) is 5.82 Å². The van der Waals surface area contributed by atoms with Gasteiger partial charge in [-0.15, -0.1) is 10.2 Å². The fraction of sp³-hybridized carbons (Fsp3) is 0.571. The van der Waals surface area contributed by atoms with Gasteiger partial charge in [-0.2, -0.15) is 0 Å². The molecule has 0 aliphatic carbocycles. The van der Waals surface area contributed by atoms with E-state index in [1.54, 1.807) is 12.1 Å². The molecular formula is C21H28FN5O3S.